The Morgan fingerprint density at radius 1 is 1.42 bits per heavy atom. The molecule has 1 aromatic carbocycles. The van der Waals surface area contributed by atoms with E-state index in [2.05, 4.69) is 0 Å². The standard InChI is InChI=1S/C14H21NO3S/c1-2-19(16,17)9-3-8-18-12-5-6-13-11(10-12)4-7-14(13)15/h5-6,10,14H,2-4,7-9,15H2,1H3. The van der Waals surface area contributed by atoms with Gasteiger partial charge in [-0.1, -0.05) is 13.0 Å². The molecule has 0 saturated heterocycles. The average Bonchev–Trinajstić information content (AvgIpc) is 2.76. The third kappa shape index (κ3) is 3.70. The summed E-state index contributed by atoms with van der Waals surface area (Å²) in [5.74, 6) is 1.20. The van der Waals surface area contributed by atoms with Gasteiger partial charge >= 0.3 is 0 Å². The molecule has 0 spiro atoms. The Hall–Kier alpha value is -1.07. The maximum absolute atomic E-state index is 11.3. The summed E-state index contributed by atoms with van der Waals surface area (Å²) in [6.07, 6.45) is 2.53. The van der Waals surface area contributed by atoms with Crippen molar-refractivity contribution >= 4 is 9.84 Å². The van der Waals surface area contributed by atoms with Gasteiger partial charge < -0.3 is 10.5 Å². The van der Waals surface area contributed by atoms with Gasteiger partial charge in [-0.2, -0.15) is 0 Å². The Morgan fingerprint density at radius 3 is 2.95 bits per heavy atom. The van der Waals surface area contributed by atoms with Crippen LogP contribution in [0.5, 0.6) is 5.75 Å². The van der Waals surface area contributed by atoms with Gasteiger partial charge in [-0.3, -0.25) is 0 Å². The molecule has 0 fully saturated rings. The third-order valence-electron chi connectivity index (χ3n) is 3.55. The molecule has 19 heavy (non-hydrogen) atoms. The molecule has 1 aliphatic rings. The lowest BCUT2D eigenvalue weighted by molar-refractivity contribution is 0.317. The molecule has 0 saturated carbocycles. The number of fused-ring (bicyclic) bond motifs is 1. The van der Waals surface area contributed by atoms with E-state index in [1.54, 1.807) is 6.92 Å². The van der Waals surface area contributed by atoms with E-state index in [0.29, 0.717) is 13.0 Å². The van der Waals surface area contributed by atoms with E-state index in [1.165, 1.54) is 11.1 Å². The van der Waals surface area contributed by atoms with Crippen molar-refractivity contribution in [2.24, 2.45) is 5.73 Å². The van der Waals surface area contributed by atoms with Gasteiger partial charge in [0.2, 0.25) is 0 Å². The van der Waals surface area contributed by atoms with Crippen LogP contribution in [0.3, 0.4) is 0 Å². The first-order valence-electron chi connectivity index (χ1n) is 6.73. The summed E-state index contributed by atoms with van der Waals surface area (Å²) in [4.78, 5) is 0. The van der Waals surface area contributed by atoms with Crippen molar-refractivity contribution in [2.45, 2.75) is 32.2 Å². The monoisotopic (exact) mass is 283 g/mol. The van der Waals surface area contributed by atoms with Gasteiger partial charge in [0.1, 0.15) is 15.6 Å². The molecule has 0 amide bonds. The van der Waals surface area contributed by atoms with Crippen molar-refractivity contribution in [3.05, 3.63) is 29.3 Å². The molecule has 4 nitrogen and oxygen atoms in total. The van der Waals surface area contributed by atoms with Crippen molar-refractivity contribution in [2.75, 3.05) is 18.1 Å². The van der Waals surface area contributed by atoms with Crippen LogP contribution in [0.2, 0.25) is 0 Å². The highest BCUT2D eigenvalue weighted by atomic mass is 32.2. The largest absolute Gasteiger partial charge is 0.494 e. The van der Waals surface area contributed by atoms with Crippen LogP contribution in [0, 0.1) is 0 Å². The molecule has 1 unspecified atom stereocenters. The second-order valence-corrected chi connectivity index (χ2v) is 7.42. The predicted molar refractivity (Wildman–Crippen MR) is 76.1 cm³/mol. The first kappa shape index (κ1) is 14.3. The number of aryl methyl sites for hydroxylation is 1. The number of ether oxygens (including phenoxy) is 1. The first-order chi connectivity index (χ1) is 9.02. The number of nitrogens with two attached hydrogens (primary N) is 1. The highest BCUT2D eigenvalue weighted by molar-refractivity contribution is 7.91. The minimum Gasteiger partial charge on any atom is -0.494 e. The zero-order valence-electron chi connectivity index (χ0n) is 11.3. The van der Waals surface area contributed by atoms with Crippen LogP contribution in [-0.4, -0.2) is 26.5 Å². The maximum Gasteiger partial charge on any atom is 0.150 e. The predicted octanol–water partition coefficient (Wildman–Crippen LogP) is 1.84. The topological polar surface area (TPSA) is 69.4 Å². The van der Waals surface area contributed by atoms with E-state index in [9.17, 15) is 8.42 Å². The first-order valence-corrected chi connectivity index (χ1v) is 8.55. The smallest absolute Gasteiger partial charge is 0.150 e. The number of benzene rings is 1. The molecule has 0 bridgehead atoms. The second kappa shape index (κ2) is 5.92. The molecule has 1 aromatic rings. The minimum absolute atomic E-state index is 0.152. The lowest BCUT2D eigenvalue weighted by Crippen LogP contribution is -2.12. The molecule has 5 heteroatoms. The van der Waals surface area contributed by atoms with Gasteiger partial charge in [0.25, 0.3) is 0 Å². The average molecular weight is 283 g/mol. The second-order valence-electron chi connectivity index (χ2n) is 4.94. The van der Waals surface area contributed by atoms with Gasteiger partial charge in [-0.05, 0) is 42.5 Å². The normalized spacial score (nSPS) is 18.3. The van der Waals surface area contributed by atoms with Gasteiger partial charge in [-0.15, -0.1) is 0 Å². The van der Waals surface area contributed by atoms with E-state index in [4.69, 9.17) is 10.5 Å². The highest BCUT2D eigenvalue weighted by Crippen LogP contribution is 2.31. The van der Waals surface area contributed by atoms with Crippen LogP contribution in [0.1, 0.15) is 36.9 Å². The fourth-order valence-corrected chi connectivity index (χ4v) is 3.18. The van der Waals surface area contributed by atoms with Crippen molar-refractivity contribution in [3.8, 4) is 5.75 Å². The number of sulfone groups is 1. The van der Waals surface area contributed by atoms with Crippen LogP contribution in [0.4, 0.5) is 0 Å². The lowest BCUT2D eigenvalue weighted by atomic mass is 10.1. The van der Waals surface area contributed by atoms with Crippen LogP contribution in [0.25, 0.3) is 0 Å². The van der Waals surface area contributed by atoms with Gasteiger partial charge in [-0.25, -0.2) is 8.42 Å². The molecule has 2 rings (SSSR count). The van der Waals surface area contributed by atoms with Crippen molar-refractivity contribution in [3.63, 3.8) is 0 Å². The third-order valence-corrected chi connectivity index (χ3v) is 5.34. The lowest BCUT2D eigenvalue weighted by Gasteiger charge is -2.09. The molecule has 0 radical (unpaired) electrons. The summed E-state index contributed by atoms with van der Waals surface area (Å²) in [6.45, 7) is 2.10. The molecule has 1 aliphatic carbocycles. The summed E-state index contributed by atoms with van der Waals surface area (Å²) < 4.78 is 28.3. The maximum atomic E-state index is 11.3. The Kier molecular flexibility index (Phi) is 4.47. The Labute approximate surface area is 114 Å². The van der Waals surface area contributed by atoms with E-state index < -0.39 is 9.84 Å². The molecule has 106 valence electrons. The molecular formula is C14H21NO3S. The fourth-order valence-electron chi connectivity index (χ4n) is 2.33. The quantitative estimate of drug-likeness (QED) is 0.809. The number of hydrogen-bond acceptors (Lipinski definition) is 4. The van der Waals surface area contributed by atoms with E-state index in [0.717, 1.165) is 18.6 Å². The number of hydrogen-bond donors (Lipinski definition) is 1. The Balaban J connectivity index is 1.85. The molecule has 1 atom stereocenters. The van der Waals surface area contributed by atoms with Gasteiger partial charge in [0.05, 0.1) is 12.4 Å². The SMILES string of the molecule is CCS(=O)(=O)CCCOc1ccc2c(c1)CCC2N. The van der Waals surface area contributed by atoms with Crippen molar-refractivity contribution < 1.29 is 13.2 Å². The molecule has 2 N–H and O–H groups in total. The number of rotatable bonds is 6. The van der Waals surface area contributed by atoms with Crippen molar-refractivity contribution in [1.29, 1.82) is 0 Å². The molecule has 0 aliphatic heterocycles. The summed E-state index contributed by atoms with van der Waals surface area (Å²) in [7, 11) is -2.89. The summed E-state index contributed by atoms with van der Waals surface area (Å²) >= 11 is 0. The van der Waals surface area contributed by atoms with E-state index in [1.807, 2.05) is 18.2 Å². The summed E-state index contributed by atoms with van der Waals surface area (Å²) in [5, 5.41) is 0. The van der Waals surface area contributed by atoms with E-state index in [-0.39, 0.29) is 17.5 Å². The van der Waals surface area contributed by atoms with Crippen LogP contribution in [-0.2, 0) is 16.3 Å². The van der Waals surface area contributed by atoms with Crippen molar-refractivity contribution in [1.82, 2.24) is 0 Å². The zero-order chi connectivity index (χ0) is 13.9. The van der Waals surface area contributed by atoms with Gasteiger partial charge in [0.15, 0.2) is 0 Å². The summed E-state index contributed by atoms with van der Waals surface area (Å²) in [6, 6.07) is 6.11. The Bertz CT molecular complexity index is 540. The highest BCUT2D eigenvalue weighted by Gasteiger charge is 2.19. The Morgan fingerprint density at radius 2 is 2.21 bits per heavy atom. The molecular weight excluding hydrogens is 262 g/mol. The van der Waals surface area contributed by atoms with Crippen LogP contribution in [0.15, 0.2) is 18.2 Å². The summed E-state index contributed by atoms with van der Waals surface area (Å²) in [5.41, 5.74) is 8.44. The fraction of sp³-hybridized carbons (Fsp3) is 0.571. The van der Waals surface area contributed by atoms with Crippen LogP contribution >= 0.6 is 0 Å². The van der Waals surface area contributed by atoms with Crippen LogP contribution < -0.4 is 10.5 Å². The molecule has 0 heterocycles. The van der Waals surface area contributed by atoms with Gasteiger partial charge in [0, 0.05) is 11.8 Å². The zero-order valence-corrected chi connectivity index (χ0v) is 12.1. The van der Waals surface area contributed by atoms with E-state index >= 15 is 0 Å². The minimum atomic E-state index is -2.89. The molecule has 0 aromatic heterocycles.